The smallest absolute Gasteiger partial charge is 0.313 e. The summed E-state index contributed by atoms with van der Waals surface area (Å²) < 4.78 is 10.4. The summed E-state index contributed by atoms with van der Waals surface area (Å²) in [5, 5.41) is 5.20. The van der Waals surface area contributed by atoms with Gasteiger partial charge in [0.05, 0.1) is 32.6 Å². The molecule has 23 heavy (non-hydrogen) atoms. The van der Waals surface area contributed by atoms with E-state index in [1.54, 1.807) is 24.3 Å². The maximum absolute atomic E-state index is 11.9. The second-order valence-electron chi connectivity index (χ2n) is 5.38. The van der Waals surface area contributed by atoms with Gasteiger partial charge in [-0.25, -0.2) is 0 Å². The highest BCUT2D eigenvalue weighted by Crippen LogP contribution is 2.22. The summed E-state index contributed by atoms with van der Waals surface area (Å²) in [5.41, 5.74) is 0.480. The van der Waals surface area contributed by atoms with E-state index in [1.807, 2.05) is 0 Å². The Hall–Kier alpha value is -2.12. The molecule has 126 valence electrons. The Morgan fingerprint density at radius 1 is 1.22 bits per heavy atom. The number of para-hydroxylation sites is 2. The van der Waals surface area contributed by atoms with Gasteiger partial charge in [0.1, 0.15) is 18.8 Å². The number of amides is 2. The van der Waals surface area contributed by atoms with Crippen LogP contribution in [0.2, 0.25) is 0 Å². The fourth-order valence-corrected chi connectivity index (χ4v) is 2.46. The van der Waals surface area contributed by atoms with Crippen molar-refractivity contribution in [3.8, 4) is 5.75 Å². The van der Waals surface area contributed by atoms with Gasteiger partial charge in [0.25, 0.3) is 0 Å². The molecule has 0 unspecified atom stereocenters. The Morgan fingerprint density at radius 3 is 2.70 bits per heavy atom. The van der Waals surface area contributed by atoms with Crippen LogP contribution in [-0.4, -0.2) is 58.3 Å². The lowest BCUT2D eigenvalue weighted by molar-refractivity contribution is -0.908. The van der Waals surface area contributed by atoms with Crippen LogP contribution in [0.3, 0.4) is 0 Å². The number of morpholine rings is 1. The number of hydrogen-bond acceptors (Lipinski definition) is 4. The minimum atomic E-state index is -0.687. The van der Waals surface area contributed by atoms with Crippen molar-refractivity contribution >= 4 is 17.5 Å². The minimum absolute atomic E-state index is 0.480. The monoisotopic (exact) mass is 322 g/mol. The Kier molecular flexibility index (Phi) is 6.83. The van der Waals surface area contributed by atoms with E-state index in [2.05, 4.69) is 10.6 Å². The van der Waals surface area contributed by atoms with Crippen molar-refractivity contribution in [1.29, 1.82) is 0 Å². The number of ether oxygens (including phenoxy) is 2. The normalized spacial score (nSPS) is 15.0. The number of hydrogen-bond donors (Lipinski definition) is 3. The number of benzene rings is 1. The fourth-order valence-electron chi connectivity index (χ4n) is 2.46. The molecule has 0 atom stereocenters. The average Bonchev–Trinajstić information content (AvgIpc) is 2.60. The summed E-state index contributed by atoms with van der Waals surface area (Å²) in [6.45, 7) is 5.05. The maximum atomic E-state index is 11.9. The number of carbonyl (C=O) groups is 2. The first-order valence-electron chi connectivity index (χ1n) is 7.84. The molecule has 3 N–H and O–H groups in total. The first-order chi connectivity index (χ1) is 11.2. The highest BCUT2D eigenvalue weighted by molar-refractivity contribution is 6.39. The molecule has 0 spiro atoms. The van der Waals surface area contributed by atoms with Crippen molar-refractivity contribution in [2.75, 3.05) is 51.8 Å². The van der Waals surface area contributed by atoms with Crippen LogP contribution in [0.25, 0.3) is 0 Å². The predicted molar refractivity (Wildman–Crippen MR) is 85.6 cm³/mol. The van der Waals surface area contributed by atoms with Crippen molar-refractivity contribution in [3.05, 3.63) is 24.3 Å². The van der Waals surface area contributed by atoms with Gasteiger partial charge in [0.15, 0.2) is 0 Å². The van der Waals surface area contributed by atoms with Gasteiger partial charge in [-0.05, 0) is 12.1 Å². The fraction of sp³-hybridized carbons (Fsp3) is 0.500. The van der Waals surface area contributed by atoms with E-state index in [0.717, 1.165) is 39.3 Å². The molecule has 0 bridgehead atoms. The van der Waals surface area contributed by atoms with Gasteiger partial charge in [-0.1, -0.05) is 12.1 Å². The average molecular weight is 322 g/mol. The standard InChI is InChI=1S/C16H23N3O4/c1-22-14-6-3-2-5-13(14)18-16(21)15(20)17-7-4-8-19-9-11-23-12-10-19/h2-3,5-6H,4,7-12H2,1H3,(H,17,20)(H,18,21)/p+1. The number of methoxy groups -OCH3 is 1. The van der Waals surface area contributed by atoms with Crippen LogP contribution in [0.5, 0.6) is 5.75 Å². The van der Waals surface area contributed by atoms with Crippen molar-refractivity contribution < 1.29 is 24.0 Å². The number of anilines is 1. The van der Waals surface area contributed by atoms with Crippen LogP contribution >= 0.6 is 0 Å². The predicted octanol–water partition coefficient (Wildman–Crippen LogP) is -0.945. The van der Waals surface area contributed by atoms with Gasteiger partial charge < -0.3 is 25.0 Å². The van der Waals surface area contributed by atoms with Crippen molar-refractivity contribution in [1.82, 2.24) is 5.32 Å². The molecule has 7 heteroatoms. The number of rotatable bonds is 6. The van der Waals surface area contributed by atoms with Gasteiger partial charge in [0, 0.05) is 13.0 Å². The molecule has 1 fully saturated rings. The number of nitrogens with one attached hydrogen (secondary N) is 3. The van der Waals surface area contributed by atoms with E-state index >= 15 is 0 Å². The largest absolute Gasteiger partial charge is 0.495 e. The quantitative estimate of drug-likeness (QED) is 0.466. The third-order valence-electron chi connectivity index (χ3n) is 3.75. The summed E-state index contributed by atoms with van der Waals surface area (Å²) in [6, 6.07) is 6.97. The van der Waals surface area contributed by atoms with Crippen molar-refractivity contribution in [2.24, 2.45) is 0 Å². The summed E-state index contributed by atoms with van der Waals surface area (Å²) in [7, 11) is 1.51. The molecule has 2 rings (SSSR count). The van der Waals surface area contributed by atoms with Crippen molar-refractivity contribution in [2.45, 2.75) is 6.42 Å². The highest BCUT2D eigenvalue weighted by atomic mass is 16.5. The molecular formula is C16H24N3O4+. The lowest BCUT2D eigenvalue weighted by Gasteiger charge is -2.23. The lowest BCUT2D eigenvalue weighted by Crippen LogP contribution is -3.14. The zero-order valence-electron chi connectivity index (χ0n) is 13.4. The molecule has 0 radical (unpaired) electrons. The van der Waals surface area contributed by atoms with E-state index < -0.39 is 11.8 Å². The molecule has 1 saturated heterocycles. The summed E-state index contributed by atoms with van der Waals surface area (Å²) >= 11 is 0. The van der Waals surface area contributed by atoms with Crippen LogP contribution in [0.4, 0.5) is 5.69 Å². The second-order valence-corrected chi connectivity index (χ2v) is 5.38. The van der Waals surface area contributed by atoms with E-state index in [4.69, 9.17) is 9.47 Å². The van der Waals surface area contributed by atoms with Crippen LogP contribution in [0.1, 0.15) is 6.42 Å². The van der Waals surface area contributed by atoms with Crippen LogP contribution in [0.15, 0.2) is 24.3 Å². The van der Waals surface area contributed by atoms with E-state index in [-0.39, 0.29) is 0 Å². The molecule has 1 heterocycles. The lowest BCUT2D eigenvalue weighted by atomic mass is 10.3. The van der Waals surface area contributed by atoms with E-state index in [1.165, 1.54) is 12.0 Å². The van der Waals surface area contributed by atoms with Gasteiger partial charge in [-0.2, -0.15) is 0 Å². The van der Waals surface area contributed by atoms with E-state index in [9.17, 15) is 9.59 Å². The number of quaternary nitrogens is 1. The third kappa shape index (κ3) is 5.54. The first kappa shape index (κ1) is 17.2. The third-order valence-corrected chi connectivity index (χ3v) is 3.75. The summed E-state index contributed by atoms with van der Waals surface area (Å²) in [4.78, 5) is 25.2. The van der Waals surface area contributed by atoms with Crippen LogP contribution in [0, 0.1) is 0 Å². The van der Waals surface area contributed by atoms with E-state index in [0.29, 0.717) is 18.0 Å². The second kappa shape index (κ2) is 9.12. The molecular weight excluding hydrogens is 298 g/mol. The summed E-state index contributed by atoms with van der Waals surface area (Å²) in [5.74, 6) is -0.800. The van der Waals surface area contributed by atoms with Gasteiger partial charge in [-0.15, -0.1) is 0 Å². The van der Waals surface area contributed by atoms with Crippen LogP contribution < -0.4 is 20.3 Å². The minimum Gasteiger partial charge on any atom is -0.495 e. The molecule has 0 aromatic heterocycles. The Balaban J connectivity index is 1.69. The van der Waals surface area contributed by atoms with Crippen molar-refractivity contribution in [3.63, 3.8) is 0 Å². The van der Waals surface area contributed by atoms with Gasteiger partial charge >= 0.3 is 11.8 Å². The van der Waals surface area contributed by atoms with Gasteiger partial charge in [-0.3, -0.25) is 9.59 Å². The van der Waals surface area contributed by atoms with Gasteiger partial charge in [0.2, 0.25) is 0 Å². The Bertz CT molecular complexity index is 530. The molecule has 1 aliphatic heterocycles. The maximum Gasteiger partial charge on any atom is 0.313 e. The summed E-state index contributed by atoms with van der Waals surface area (Å²) in [6.07, 6.45) is 0.836. The number of carbonyl (C=O) groups excluding carboxylic acids is 2. The van der Waals surface area contributed by atoms with Crippen LogP contribution in [-0.2, 0) is 14.3 Å². The molecule has 0 aliphatic carbocycles. The Morgan fingerprint density at radius 2 is 1.96 bits per heavy atom. The zero-order valence-corrected chi connectivity index (χ0v) is 13.4. The molecule has 1 aromatic rings. The molecule has 1 aromatic carbocycles. The topological polar surface area (TPSA) is 81.1 Å². The SMILES string of the molecule is COc1ccccc1NC(=O)C(=O)NCCC[NH+]1CCOCC1. The zero-order chi connectivity index (χ0) is 16.5. The molecule has 0 saturated carbocycles. The highest BCUT2D eigenvalue weighted by Gasteiger charge is 2.16. The molecule has 1 aliphatic rings. The first-order valence-corrected chi connectivity index (χ1v) is 7.84. The Labute approximate surface area is 135 Å². The molecule has 7 nitrogen and oxygen atoms in total. The molecule has 2 amide bonds.